The molecule has 1 fully saturated rings. The second-order valence-electron chi connectivity index (χ2n) is 5.78. The van der Waals surface area contributed by atoms with Gasteiger partial charge in [0.15, 0.2) is 0 Å². The van der Waals surface area contributed by atoms with E-state index in [1.54, 1.807) is 16.5 Å². The SMILES string of the molecule is CCCn1ncnc1CN1C(=O)C(C)NC(=O)C1C(C)C. The molecule has 2 rings (SSSR count). The van der Waals surface area contributed by atoms with E-state index in [9.17, 15) is 9.59 Å². The maximum absolute atomic E-state index is 12.4. The summed E-state index contributed by atoms with van der Waals surface area (Å²) >= 11 is 0. The fourth-order valence-electron chi connectivity index (χ4n) is 2.69. The summed E-state index contributed by atoms with van der Waals surface area (Å²) in [6, 6.07) is -0.949. The Labute approximate surface area is 124 Å². The van der Waals surface area contributed by atoms with Crippen LogP contribution >= 0.6 is 0 Å². The summed E-state index contributed by atoms with van der Waals surface area (Å²) in [5.74, 6) is 0.597. The number of aromatic nitrogens is 3. The van der Waals surface area contributed by atoms with E-state index in [4.69, 9.17) is 0 Å². The highest BCUT2D eigenvalue weighted by atomic mass is 16.2. The van der Waals surface area contributed by atoms with E-state index in [-0.39, 0.29) is 17.7 Å². The molecule has 1 N–H and O–H groups in total. The molecule has 2 unspecified atom stereocenters. The van der Waals surface area contributed by atoms with Crippen LogP contribution in [0.2, 0.25) is 0 Å². The van der Waals surface area contributed by atoms with E-state index in [2.05, 4.69) is 22.3 Å². The number of nitrogens with one attached hydrogen (secondary N) is 1. The maximum Gasteiger partial charge on any atom is 0.245 e. The number of rotatable bonds is 5. The lowest BCUT2D eigenvalue weighted by Crippen LogP contribution is -2.63. The van der Waals surface area contributed by atoms with Crippen LogP contribution in [0.3, 0.4) is 0 Å². The van der Waals surface area contributed by atoms with Gasteiger partial charge in [-0.3, -0.25) is 9.59 Å². The minimum atomic E-state index is -0.491. The summed E-state index contributed by atoms with van der Waals surface area (Å²) in [7, 11) is 0. The largest absolute Gasteiger partial charge is 0.343 e. The van der Waals surface area contributed by atoms with Crippen LogP contribution in [-0.2, 0) is 22.7 Å². The second-order valence-corrected chi connectivity index (χ2v) is 5.78. The summed E-state index contributed by atoms with van der Waals surface area (Å²) in [6.07, 6.45) is 2.43. The van der Waals surface area contributed by atoms with Gasteiger partial charge in [0.25, 0.3) is 0 Å². The van der Waals surface area contributed by atoms with Gasteiger partial charge in [0, 0.05) is 6.54 Å². The van der Waals surface area contributed by atoms with Gasteiger partial charge >= 0.3 is 0 Å². The predicted molar refractivity (Wildman–Crippen MR) is 77.1 cm³/mol. The Bertz CT molecular complexity index is 525. The van der Waals surface area contributed by atoms with Gasteiger partial charge in [-0.25, -0.2) is 9.67 Å². The lowest BCUT2D eigenvalue weighted by atomic mass is 9.97. The van der Waals surface area contributed by atoms with E-state index >= 15 is 0 Å². The number of carbonyl (C=O) groups excluding carboxylic acids is 2. The number of hydrogen-bond acceptors (Lipinski definition) is 4. The van der Waals surface area contributed by atoms with E-state index in [1.807, 2.05) is 13.8 Å². The van der Waals surface area contributed by atoms with Crippen LogP contribution < -0.4 is 5.32 Å². The van der Waals surface area contributed by atoms with Crippen LogP contribution in [0.1, 0.15) is 39.9 Å². The molecule has 2 atom stereocenters. The van der Waals surface area contributed by atoms with Crippen LogP contribution in [0.4, 0.5) is 0 Å². The van der Waals surface area contributed by atoms with Crippen molar-refractivity contribution in [3.05, 3.63) is 12.2 Å². The standard InChI is InChI=1S/C14H23N5O2/c1-5-6-19-11(15-8-16-19)7-18-12(9(2)3)13(20)17-10(4)14(18)21/h8-10,12H,5-7H2,1-4H3,(H,17,20). The van der Waals surface area contributed by atoms with E-state index < -0.39 is 12.1 Å². The Hall–Kier alpha value is -1.92. The van der Waals surface area contributed by atoms with Crippen LogP contribution in [0.5, 0.6) is 0 Å². The van der Waals surface area contributed by atoms with Crippen LogP contribution in [0, 0.1) is 5.92 Å². The molecule has 0 spiro atoms. The first-order valence-corrected chi connectivity index (χ1v) is 7.43. The highest BCUT2D eigenvalue weighted by Crippen LogP contribution is 2.19. The maximum atomic E-state index is 12.4. The molecule has 21 heavy (non-hydrogen) atoms. The smallest absolute Gasteiger partial charge is 0.245 e. The zero-order chi connectivity index (χ0) is 15.6. The lowest BCUT2D eigenvalue weighted by Gasteiger charge is -2.39. The average Bonchev–Trinajstić information content (AvgIpc) is 2.83. The van der Waals surface area contributed by atoms with Gasteiger partial charge in [-0.1, -0.05) is 20.8 Å². The molecule has 1 saturated heterocycles. The molecule has 0 radical (unpaired) electrons. The van der Waals surface area contributed by atoms with E-state index in [0.29, 0.717) is 6.54 Å². The normalized spacial score (nSPS) is 22.8. The molecule has 1 aromatic rings. The number of hydrogen-bond donors (Lipinski definition) is 1. The van der Waals surface area contributed by atoms with Crippen molar-refractivity contribution in [2.45, 2.75) is 59.3 Å². The molecule has 7 nitrogen and oxygen atoms in total. The Morgan fingerprint density at radius 3 is 2.71 bits per heavy atom. The third-order valence-corrected chi connectivity index (χ3v) is 3.69. The molecule has 1 aromatic heterocycles. The van der Waals surface area contributed by atoms with Gasteiger partial charge in [-0.2, -0.15) is 5.10 Å². The van der Waals surface area contributed by atoms with Crippen molar-refractivity contribution in [1.82, 2.24) is 25.0 Å². The first kappa shape index (κ1) is 15.5. The Kier molecular flexibility index (Phi) is 4.59. The molecular formula is C14H23N5O2. The fraction of sp³-hybridized carbons (Fsp3) is 0.714. The molecule has 0 saturated carbocycles. The van der Waals surface area contributed by atoms with Gasteiger partial charge < -0.3 is 10.2 Å². The van der Waals surface area contributed by atoms with Crippen molar-refractivity contribution < 1.29 is 9.59 Å². The van der Waals surface area contributed by atoms with Crippen molar-refractivity contribution in [1.29, 1.82) is 0 Å². The monoisotopic (exact) mass is 293 g/mol. The first-order valence-electron chi connectivity index (χ1n) is 7.43. The third-order valence-electron chi connectivity index (χ3n) is 3.69. The number of nitrogens with zero attached hydrogens (tertiary/aromatic N) is 4. The van der Waals surface area contributed by atoms with Gasteiger partial charge in [0.1, 0.15) is 24.2 Å². The van der Waals surface area contributed by atoms with Crippen molar-refractivity contribution in [3.8, 4) is 0 Å². The molecule has 1 aliphatic rings. The highest BCUT2D eigenvalue weighted by molar-refractivity contribution is 5.96. The Morgan fingerprint density at radius 2 is 2.10 bits per heavy atom. The zero-order valence-electron chi connectivity index (χ0n) is 13.0. The molecule has 0 aliphatic carbocycles. The van der Waals surface area contributed by atoms with Crippen molar-refractivity contribution >= 4 is 11.8 Å². The second kappa shape index (κ2) is 6.24. The van der Waals surface area contributed by atoms with Crippen molar-refractivity contribution in [3.63, 3.8) is 0 Å². The fourth-order valence-corrected chi connectivity index (χ4v) is 2.69. The summed E-state index contributed by atoms with van der Waals surface area (Å²) in [5.41, 5.74) is 0. The number of carbonyl (C=O) groups is 2. The number of amides is 2. The summed E-state index contributed by atoms with van der Waals surface area (Å²) in [4.78, 5) is 30.5. The van der Waals surface area contributed by atoms with Crippen molar-refractivity contribution in [2.75, 3.05) is 0 Å². The van der Waals surface area contributed by atoms with Gasteiger partial charge in [-0.05, 0) is 19.3 Å². The molecule has 0 aromatic carbocycles. The minimum absolute atomic E-state index is 0.0454. The zero-order valence-corrected chi connectivity index (χ0v) is 13.0. The molecular weight excluding hydrogens is 270 g/mol. The topological polar surface area (TPSA) is 80.1 Å². The third kappa shape index (κ3) is 3.06. The number of aryl methyl sites for hydroxylation is 1. The minimum Gasteiger partial charge on any atom is -0.343 e. The average molecular weight is 293 g/mol. The lowest BCUT2D eigenvalue weighted by molar-refractivity contribution is -0.151. The van der Waals surface area contributed by atoms with Crippen LogP contribution in [0.25, 0.3) is 0 Å². The van der Waals surface area contributed by atoms with Crippen LogP contribution in [0.15, 0.2) is 6.33 Å². The first-order chi connectivity index (χ1) is 9.95. The summed E-state index contributed by atoms with van der Waals surface area (Å²) in [6.45, 7) is 8.73. The summed E-state index contributed by atoms with van der Waals surface area (Å²) < 4.78 is 1.79. The number of piperazine rings is 1. The van der Waals surface area contributed by atoms with Gasteiger partial charge in [-0.15, -0.1) is 0 Å². The van der Waals surface area contributed by atoms with Gasteiger partial charge in [0.05, 0.1) is 6.54 Å². The highest BCUT2D eigenvalue weighted by Gasteiger charge is 2.40. The predicted octanol–water partition coefficient (Wildman–Crippen LogP) is 0.560. The molecule has 116 valence electrons. The molecule has 0 bridgehead atoms. The summed E-state index contributed by atoms with van der Waals surface area (Å²) in [5, 5.41) is 6.91. The van der Waals surface area contributed by atoms with Crippen molar-refractivity contribution in [2.24, 2.45) is 5.92 Å². The molecule has 2 amide bonds. The van der Waals surface area contributed by atoms with E-state index in [0.717, 1.165) is 18.8 Å². The molecule has 1 aliphatic heterocycles. The quantitative estimate of drug-likeness (QED) is 0.860. The van der Waals surface area contributed by atoms with Gasteiger partial charge in [0.2, 0.25) is 11.8 Å². The Morgan fingerprint density at radius 1 is 1.38 bits per heavy atom. The molecule has 2 heterocycles. The Balaban J connectivity index is 2.26. The van der Waals surface area contributed by atoms with E-state index in [1.165, 1.54) is 6.33 Å². The molecule has 7 heteroatoms. The van der Waals surface area contributed by atoms with Crippen LogP contribution in [-0.4, -0.2) is 43.6 Å².